The van der Waals surface area contributed by atoms with Gasteiger partial charge in [0.1, 0.15) is 5.60 Å². The lowest BCUT2D eigenvalue weighted by Crippen LogP contribution is -2.41. The van der Waals surface area contributed by atoms with Gasteiger partial charge in [-0.25, -0.2) is 4.79 Å². The second-order valence-corrected chi connectivity index (χ2v) is 5.20. The summed E-state index contributed by atoms with van der Waals surface area (Å²) in [7, 11) is 0. The van der Waals surface area contributed by atoms with Crippen LogP contribution in [0.5, 0.6) is 0 Å². The summed E-state index contributed by atoms with van der Waals surface area (Å²) in [4.78, 5) is 11.4. The second kappa shape index (κ2) is 6.35. The summed E-state index contributed by atoms with van der Waals surface area (Å²) in [6, 6.07) is 9.79. The molecule has 1 amide bonds. The monoisotopic (exact) mass is 266 g/mol. The summed E-state index contributed by atoms with van der Waals surface area (Å²) in [5.41, 5.74) is 0.560. The molecular weight excluding hydrogens is 248 g/mol. The molecule has 0 radical (unpaired) electrons. The van der Waals surface area contributed by atoms with Gasteiger partial charge in [-0.1, -0.05) is 30.3 Å². The summed E-state index contributed by atoms with van der Waals surface area (Å²) in [5, 5.41) is 5.66. The molecule has 0 aliphatic rings. The molecule has 0 bridgehead atoms. The van der Waals surface area contributed by atoms with E-state index in [0.717, 1.165) is 5.56 Å². The summed E-state index contributed by atoms with van der Waals surface area (Å²) in [6.07, 6.45) is -0.548. The highest BCUT2D eigenvalue weighted by molar-refractivity contribution is 7.80. The predicted molar refractivity (Wildman–Crippen MR) is 75.2 cm³/mol. The number of hydrogen-bond donors (Lipinski definition) is 2. The highest BCUT2D eigenvalue weighted by Gasteiger charge is 2.16. The van der Waals surface area contributed by atoms with Crippen LogP contribution in [0.15, 0.2) is 30.3 Å². The lowest BCUT2D eigenvalue weighted by molar-refractivity contribution is 0.0562. The summed E-state index contributed by atoms with van der Waals surface area (Å²) in [6.45, 7) is 5.96. The van der Waals surface area contributed by atoms with Crippen LogP contribution in [0.3, 0.4) is 0 Å². The summed E-state index contributed by atoms with van der Waals surface area (Å²) >= 11 is 5.00. The molecule has 5 heteroatoms. The highest BCUT2D eigenvalue weighted by Crippen LogP contribution is 2.06. The van der Waals surface area contributed by atoms with E-state index in [1.54, 1.807) is 20.8 Å². The van der Waals surface area contributed by atoms with Crippen LogP contribution < -0.4 is 10.6 Å². The molecular formula is C13H18N2O2S. The molecule has 0 unspecified atom stereocenters. The first-order chi connectivity index (χ1) is 8.37. The van der Waals surface area contributed by atoms with E-state index in [4.69, 9.17) is 17.0 Å². The number of nitrogens with one attached hydrogen (secondary N) is 2. The summed E-state index contributed by atoms with van der Waals surface area (Å²) < 4.78 is 5.08. The van der Waals surface area contributed by atoms with E-state index in [2.05, 4.69) is 10.6 Å². The minimum atomic E-state index is -0.548. The molecule has 4 nitrogen and oxygen atoms in total. The first kappa shape index (κ1) is 14.4. The highest BCUT2D eigenvalue weighted by atomic mass is 32.1. The van der Waals surface area contributed by atoms with Crippen molar-refractivity contribution in [2.24, 2.45) is 0 Å². The van der Waals surface area contributed by atoms with Gasteiger partial charge in [0.05, 0.1) is 0 Å². The first-order valence-corrected chi connectivity index (χ1v) is 6.09. The van der Waals surface area contributed by atoms with Crippen molar-refractivity contribution in [3.8, 4) is 0 Å². The minimum Gasteiger partial charge on any atom is -0.444 e. The number of benzene rings is 1. The number of ether oxygens (including phenoxy) is 1. The van der Waals surface area contributed by atoms with Gasteiger partial charge in [0.2, 0.25) is 0 Å². The molecule has 1 aromatic rings. The third-order valence-electron chi connectivity index (χ3n) is 1.91. The third kappa shape index (κ3) is 6.20. The minimum absolute atomic E-state index is 0.258. The molecule has 0 saturated heterocycles. The smallest absolute Gasteiger partial charge is 0.413 e. The number of thiocarbonyl (C=S) groups is 1. The number of rotatable bonds is 2. The second-order valence-electron chi connectivity index (χ2n) is 4.80. The van der Waals surface area contributed by atoms with Crippen molar-refractivity contribution in [1.82, 2.24) is 10.6 Å². The van der Waals surface area contributed by atoms with Crippen molar-refractivity contribution in [1.29, 1.82) is 0 Å². The molecule has 0 atom stereocenters. The zero-order valence-electron chi connectivity index (χ0n) is 10.8. The molecule has 1 aromatic carbocycles. The molecule has 0 spiro atoms. The number of carbonyl (C=O) groups excluding carboxylic acids is 1. The molecule has 1 rings (SSSR count). The van der Waals surface area contributed by atoms with Crippen LogP contribution >= 0.6 is 12.2 Å². The normalized spacial score (nSPS) is 10.6. The van der Waals surface area contributed by atoms with Gasteiger partial charge in [0.15, 0.2) is 5.11 Å². The van der Waals surface area contributed by atoms with Crippen LogP contribution in [0.2, 0.25) is 0 Å². The molecule has 18 heavy (non-hydrogen) atoms. The molecule has 0 aromatic heterocycles. The number of amides is 1. The van der Waals surface area contributed by atoms with E-state index in [1.807, 2.05) is 30.3 Å². The fourth-order valence-electron chi connectivity index (χ4n) is 1.22. The quantitative estimate of drug-likeness (QED) is 0.808. The van der Waals surface area contributed by atoms with Gasteiger partial charge in [-0.2, -0.15) is 0 Å². The Hall–Kier alpha value is -1.62. The van der Waals surface area contributed by atoms with E-state index in [-0.39, 0.29) is 5.11 Å². The first-order valence-electron chi connectivity index (χ1n) is 5.68. The number of hydrogen-bond acceptors (Lipinski definition) is 3. The fourth-order valence-corrected chi connectivity index (χ4v) is 1.37. The summed E-state index contributed by atoms with van der Waals surface area (Å²) in [5.74, 6) is 0. The molecule has 0 saturated carbocycles. The van der Waals surface area contributed by atoms with E-state index in [9.17, 15) is 4.79 Å². The lowest BCUT2D eigenvalue weighted by Gasteiger charge is -2.20. The number of carbonyl (C=O) groups is 1. The molecule has 2 N–H and O–H groups in total. The van der Waals surface area contributed by atoms with E-state index < -0.39 is 11.7 Å². The molecule has 98 valence electrons. The maximum absolute atomic E-state index is 11.4. The van der Waals surface area contributed by atoms with Crippen molar-refractivity contribution in [2.45, 2.75) is 32.9 Å². The van der Waals surface area contributed by atoms with Crippen molar-refractivity contribution < 1.29 is 9.53 Å². The van der Waals surface area contributed by atoms with Crippen LogP contribution in [-0.2, 0) is 11.3 Å². The Morgan fingerprint density at radius 2 is 1.89 bits per heavy atom. The van der Waals surface area contributed by atoms with Gasteiger partial charge >= 0.3 is 6.09 Å². The SMILES string of the molecule is CC(C)(C)OC(=O)NC(=S)NCc1ccccc1. The Morgan fingerprint density at radius 1 is 1.28 bits per heavy atom. The van der Waals surface area contributed by atoms with Crippen molar-refractivity contribution in [2.75, 3.05) is 0 Å². The zero-order chi connectivity index (χ0) is 13.6. The van der Waals surface area contributed by atoms with Crippen LogP contribution in [0.4, 0.5) is 4.79 Å². The Bertz CT molecular complexity index is 413. The fraction of sp³-hybridized carbons (Fsp3) is 0.385. The molecule has 0 heterocycles. The average Bonchev–Trinajstić information content (AvgIpc) is 2.25. The lowest BCUT2D eigenvalue weighted by atomic mass is 10.2. The van der Waals surface area contributed by atoms with Crippen LogP contribution in [0.25, 0.3) is 0 Å². The van der Waals surface area contributed by atoms with Crippen LogP contribution in [-0.4, -0.2) is 16.8 Å². The Morgan fingerprint density at radius 3 is 2.44 bits per heavy atom. The van der Waals surface area contributed by atoms with Gasteiger partial charge in [0.25, 0.3) is 0 Å². The number of alkyl carbamates (subject to hydrolysis) is 1. The largest absolute Gasteiger partial charge is 0.444 e. The van der Waals surface area contributed by atoms with E-state index in [1.165, 1.54) is 0 Å². The van der Waals surface area contributed by atoms with Crippen LogP contribution in [0.1, 0.15) is 26.3 Å². The standard InChI is InChI=1S/C13H18N2O2S/c1-13(2,3)17-12(16)15-11(18)14-9-10-7-5-4-6-8-10/h4-8H,9H2,1-3H3,(H2,14,15,16,18). The van der Waals surface area contributed by atoms with Crippen molar-refractivity contribution >= 4 is 23.4 Å². The van der Waals surface area contributed by atoms with Gasteiger partial charge in [-0.15, -0.1) is 0 Å². The molecule has 0 fully saturated rings. The zero-order valence-corrected chi connectivity index (χ0v) is 11.6. The van der Waals surface area contributed by atoms with Gasteiger partial charge in [-0.3, -0.25) is 5.32 Å². The maximum Gasteiger partial charge on any atom is 0.413 e. The van der Waals surface area contributed by atoms with Crippen molar-refractivity contribution in [3.05, 3.63) is 35.9 Å². The van der Waals surface area contributed by atoms with E-state index in [0.29, 0.717) is 6.54 Å². The van der Waals surface area contributed by atoms with Gasteiger partial charge < -0.3 is 10.1 Å². The average molecular weight is 266 g/mol. The Balaban J connectivity index is 2.32. The topological polar surface area (TPSA) is 50.4 Å². The van der Waals surface area contributed by atoms with Crippen molar-refractivity contribution in [3.63, 3.8) is 0 Å². The molecule has 0 aliphatic heterocycles. The predicted octanol–water partition coefficient (Wildman–Crippen LogP) is 2.59. The van der Waals surface area contributed by atoms with Crippen LogP contribution in [0, 0.1) is 0 Å². The maximum atomic E-state index is 11.4. The Kier molecular flexibility index (Phi) is 5.09. The van der Waals surface area contributed by atoms with Gasteiger partial charge in [0, 0.05) is 6.54 Å². The Labute approximate surface area is 113 Å². The third-order valence-corrected chi connectivity index (χ3v) is 2.16. The van der Waals surface area contributed by atoms with E-state index >= 15 is 0 Å². The van der Waals surface area contributed by atoms with Gasteiger partial charge in [-0.05, 0) is 38.6 Å². The molecule has 0 aliphatic carbocycles.